The van der Waals surface area contributed by atoms with Crippen LogP contribution in [0.5, 0.6) is 0 Å². The second kappa shape index (κ2) is 5.54. The minimum atomic E-state index is -0.647. The Morgan fingerprint density at radius 3 is 2.38 bits per heavy atom. The fourth-order valence-corrected chi connectivity index (χ4v) is 5.71. The van der Waals surface area contributed by atoms with Gasteiger partial charge in [-0.05, 0) is 74.8 Å². The van der Waals surface area contributed by atoms with E-state index in [-0.39, 0.29) is 23.1 Å². The summed E-state index contributed by atoms with van der Waals surface area (Å²) in [6.45, 7) is 3.45. The molecule has 0 unspecified atom stereocenters. The van der Waals surface area contributed by atoms with E-state index in [0.29, 0.717) is 24.7 Å². The van der Waals surface area contributed by atoms with Crippen LogP contribution in [-0.4, -0.2) is 34.6 Å². The molecule has 1 saturated heterocycles. The van der Waals surface area contributed by atoms with Crippen LogP contribution < -0.4 is 0 Å². The molecule has 1 atom stereocenters. The van der Waals surface area contributed by atoms with E-state index in [9.17, 15) is 14.3 Å². The first-order valence-electron chi connectivity index (χ1n) is 10.2. The van der Waals surface area contributed by atoms with Gasteiger partial charge in [0.1, 0.15) is 5.82 Å². The van der Waals surface area contributed by atoms with Crippen molar-refractivity contribution in [3.63, 3.8) is 0 Å². The molecule has 0 radical (unpaired) electrons. The van der Waals surface area contributed by atoms with Crippen molar-refractivity contribution < 1.29 is 14.3 Å². The summed E-state index contributed by atoms with van der Waals surface area (Å²) in [7, 11) is 0. The van der Waals surface area contributed by atoms with Gasteiger partial charge < -0.3 is 10.0 Å². The zero-order valence-electron chi connectivity index (χ0n) is 15.5. The van der Waals surface area contributed by atoms with Crippen LogP contribution in [0, 0.1) is 17.2 Å². The number of halogens is 1. The summed E-state index contributed by atoms with van der Waals surface area (Å²) < 4.78 is 14.9. The molecule has 5 rings (SSSR count). The summed E-state index contributed by atoms with van der Waals surface area (Å²) in [4.78, 5) is 14.5. The van der Waals surface area contributed by atoms with Gasteiger partial charge in [0, 0.05) is 24.4 Å². The zero-order chi connectivity index (χ0) is 18.1. The van der Waals surface area contributed by atoms with Gasteiger partial charge in [0.15, 0.2) is 0 Å². The van der Waals surface area contributed by atoms with Crippen molar-refractivity contribution in [1.82, 2.24) is 4.90 Å². The topological polar surface area (TPSA) is 40.5 Å². The number of carbonyl (C=O) groups excluding carboxylic acids is 1. The van der Waals surface area contributed by atoms with Crippen molar-refractivity contribution in [2.45, 2.75) is 69.3 Å². The van der Waals surface area contributed by atoms with E-state index in [0.717, 1.165) is 56.3 Å². The molecule has 1 N–H and O–H groups in total. The number of nitrogens with zero attached hydrogens (tertiary/aromatic N) is 1. The molecule has 1 aromatic carbocycles. The predicted octanol–water partition coefficient (Wildman–Crippen LogP) is 3.96. The molecule has 3 saturated carbocycles. The van der Waals surface area contributed by atoms with Gasteiger partial charge in [0.2, 0.25) is 5.91 Å². The Morgan fingerprint density at radius 2 is 1.77 bits per heavy atom. The second-order valence-electron chi connectivity index (χ2n) is 9.76. The van der Waals surface area contributed by atoms with E-state index in [1.165, 1.54) is 0 Å². The van der Waals surface area contributed by atoms with Crippen molar-refractivity contribution in [3.05, 3.63) is 35.1 Å². The maximum Gasteiger partial charge on any atom is 0.225 e. The Balaban J connectivity index is 1.22. The monoisotopic (exact) mass is 357 g/mol. The molecule has 3 aliphatic carbocycles. The predicted molar refractivity (Wildman–Crippen MR) is 97.3 cm³/mol. The van der Waals surface area contributed by atoms with Crippen LogP contribution in [0.1, 0.15) is 74.8 Å². The minimum absolute atomic E-state index is 0.00668. The Labute approximate surface area is 154 Å². The average Bonchev–Trinajstić information content (AvgIpc) is 3.28. The lowest BCUT2D eigenvalue weighted by molar-refractivity contribution is -0.161. The van der Waals surface area contributed by atoms with E-state index in [1.54, 1.807) is 6.92 Å². The molecule has 1 aliphatic heterocycles. The van der Waals surface area contributed by atoms with Crippen LogP contribution in [-0.2, 0) is 4.79 Å². The van der Waals surface area contributed by atoms with E-state index in [2.05, 4.69) is 0 Å². The highest BCUT2D eigenvalue weighted by Crippen LogP contribution is 2.54. The molecule has 1 amide bonds. The quantitative estimate of drug-likeness (QED) is 0.889. The van der Waals surface area contributed by atoms with Gasteiger partial charge in [-0.1, -0.05) is 18.2 Å². The number of aliphatic hydroxyl groups is 1. The third kappa shape index (κ3) is 2.69. The van der Waals surface area contributed by atoms with Crippen molar-refractivity contribution >= 4 is 5.91 Å². The highest BCUT2D eigenvalue weighted by atomic mass is 19.1. The van der Waals surface area contributed by atoms with Gasteiger partial charge in [-0.15, -0.1) is 0 Å². The number of hydrogen-bond acceptors (Lipinski definition) is 2. The lowest BCUT2D eigenvalue weighted by Gasteiger charge is -2.52. The molecule has 26 heavy (non-hydrogen) atoms. The molecule has 3 nitrogen and oxygen atoms in total. The van der Waals surface area contributed by atoms with Crippen LogP contribution in [0.3, 0.4) is 0 Å². The molecular formula is C22H28FNO2. The number of amides is 1. The lowest BCUT2D eigenvalue weighted by Crippen LogP contribution is -2.61. The van der Waals surface area contributed by atoms with E-state index >= 15 is 0 Å². The summed E-state index contributed by atoms with van der Waals surface area (Å²) in [6, 6.07) is 5.96. The third-order valence-corrected chi connectivity index (χ3v) is 7.30. The molecule has 1 spiro atoms. The van der Waals surface area contributed by atoms with Crippen LogP contribution >= 0.6 is 0 Å². The second-order valence-corrected chi connectivity index (χ2v) is 9.76. The fourth-order valence-electron chi connectivity index (χ4n) is 5.71. The molecule has 0 aromatic heterocycles. The smallest absolute Gasteiger partial charge is 0.225 e. The molecule has 4 aliphatic rings. The number of hydrogen-bond donors (Lipinski definition) is 1. The van der Waals surface area contributed by atoms with Gasteiger partial charge in [0.25, 0.3) is 0 Å². The van der Waals surface area contributed by atoms with Gasteiger partial charge in [-0.2, -0.15) is 0 Å². The summed E-state index contributed by atoms with van der Waals surface area (Å²) in [5, 5.41) is 9.86. The molecule has 1 aromatic rings. The summed E-state index contributed by atoms with van der Waals surface area (Å²) in [5.74, 6) is 1.01. The first kappa shape index (κ1) is 16.7. The summed E-state index contributed by atoms with van der Waals surface area (Å²) in [6.07, 6.45) is 6.57. The Kier molecular flexibility index (Phi) is 3.57. The number of likely N-dealkylation sites (tertiary alicyclic amines) is 1. The van der Waals surface area contributed by atoms with Crippen LogP contribution in [0.25, 0.3) is 0 Å². The van der Waals surface area contributed by atoms with E-state index in [4.69, 9.17) is 0 Å². The Morgan fingerprint density at radius 1 is 1.12 bits per heavy atom. The largest absolute Gasteiger partial charge is 0.390 e. The fraction of sp³-hybridized carbons (Fsp3) is 0.682. The van der Waals surface area contributed by atoms with Crippen molar-refractivity contribution in [2.24, 2.45) is 11.3 Å². The van der Waals surface area contributed by atoms with Gasteiger partial charge in [0.05, 0.1) is 5.60 Å². The molecule has 1 heterocycles. The molecule has 0 bridgehead atoms. The van der Waals surface area contributed by atoms with E-state index < -0.39 is 5.60 Å². The molecular weight excluding hydrogens is 329 g/mol. The van der Waals surface area contributed by atoms with Gasteiger partial charge in [-0.3, -0.25) is 4.79 Å². The first-order valence-corrected chi connectivity index (χ1v) is 10.2. The first-order chi connectivity index (χ1) is 12.4. The summed E-state index contributed by atoms with van der Waals surface area (Å²) in [5.41, 5.74) is 1.39. The Bertz CT molecular complexity index is 741. The maximum absolute atomic E-state index is 14.9. The van der Waals surface area contributed by atoms with Crippen LogP contribution in [0.4, 0.5) is 4.39 Å². The lowest BCUT2D eigenvalue weighted by atomic mass is 9.69. The van der Waals surface area contributed by atoms with Crippen molar-refractivity contribution in [3.8, 4) is 0 Å². The van der Waals surface area contributed by atoms with Crippen LogP contribution in [0.2, 0.25) is 0 Å². The third-order valence-electron chi connectivity index (χ3n) is 7.30. The van der Waals surface area contributed by atoms with Gasteiger partial charge in [-0.25, -0.2) is 4.39 Å². The standard InChI is InChI=1S/C22H28FNO2/c1-21(26)9-16(10-21)20(25)24-12-22(13-24)8-7-15(11-22)18-4-2-3-17(19(18)23)14-5-6-14/h2-4,14-16,26H,5-13H2,1H3/t15-,16?,21?/m1/s1. The van der Waals surface area contributed by atoms with Crippen LogP contribution in [0.15, 0.2) is 18.2 Å². The highest BCUT2D eigenvalue weighted by molar-refractivity contribution is 5.81. The summed E-state index contributed by atoms with van der Waals surface area (Å²) >= 11 is 0. The number of benzene rings is 1. The SMILES string of the molecule is CC1(O)CC(C(=O)N2CC3(CC[C@@H](c4cccc(C5CC5)c4F)C3)C2)C1. The van der Waals surface area contributed by atoms with Crippen molar-refractivity contribution in [1.29, 1.82) is 0 Å². The van der Waals surface area contributed by atoms with E-state index in [1.807, 2.05) is 23.1 Å². The highest BCUT2D eigenvalue weighted by Gasteiger charge is 2.53. The minimum Gasteiger partial charge on any atom is -0.390 e. The maximum atomic E-state index is 14.9. The number of carbonyl (C=O) groups is 1. The molecule has 4 fully saturated rings. The number of rotatable bonds is 3. The van der Waals surface area contributed by atoms with Crippen molar-refractivity contribution in [2.75, 3.05) is 13.1 Å². The molecule has 4 heteroatoms. The molecule has 140 valence electrons. The normalized spacial score (nSPS) is 35.3. The Hall–Kier alpha value is -1.42. The average molecular weight is 357 g/mol. The zero-order valence-corrected chi connectivity index (χ0v) is 15.5. The van der Waals surface area contributed by atoms with Gasteiger partial charge >= 0.3 is 0 Å².